The van der Waals surface area contributed by atoms with Gasteiger partial charge in [-0.3, -0.25) is 9.48 Å². The van der Waals surface area contributed by atoms with Gasteiger partial charge in [-0.25, -0.2) is 4.68 Å². The lowest BCUT2D eigenvalue weighted by Gasteiger charge is -2.14. The van der Waals surface area contributed by atoms with E-state index in [9.17, 15) is 4.79 Å². The molecule has 1 heterocycles. The van der Waals surface area contributed by atoms with Crippen LogP contribution in [0.25, 0.3) is 5.69 Å². The fraction of sp³-hybridized carbons (Fsp3) is 0.438. The molecule has 1 aromatic carbocycles. The van der Waals surface area contributed by atoms with Crippen molar-refractivity contribution in [2.45, 2.75) is 38.5 Å². The van der Waals surface area contributed by atoms with Gasteiger partial charge in [0.2, 0.25) is 0 Å². The second-order valence-electron chi connectivity index (χ2n) is 5.76. The van der Waals surface area contributed by atoms with Crippen molar-refractivity contribution in [1.82, 2.24) is 9.36 Å². The van der Waals surface area contributed by atoms with E-state index in [1.54, 1.807) is 4.68 Å². The van der Waals surface area contributed by atoms with Crippen molar-refractivity contribution >= 4 is 5.69 Å². The monoisotopic (exact) mass is 271 g/mol. The number of aromatic nitrogens is 2. The molecule has 20 heavy (non-hydrogen) atoms. The summed E-state index contributed by atoms with van der Waals surface area (Å²) in [6, 6.07) is 7.96. The average molecular weight is 271 g/mol. The summed E-state index contributed by atoms with van der Waals surface area (Å²) in [5, 5.41) is 0. The normalized spacial score (nSPS) is 15.9. The third-order valence-electron chi connectivity index (χ3n) is 4.34. The van der Waals surface area contributed by atoms with E-state index < -0.39 is 0 Å². The van der Waals surface area contributed by atoms with Crippen LogP contribution >= 0.6 is 0 Å². The van der Waals surface area contributed by atoms with Crippen molar-refractivity contribution in [3.05, 3.63) is 45.9 Å². The average Bonchev–Trinajstić information content (AvgIpc) is 2.99. The minimum atomic E-state index is -0.0972. The molecule has 1 saturated carbocycles. The molecule has 0 aliphatic heterocycles. The molecular weight excluding hydrogens is 250 g/mol. The molecule has 1 aromatic heterocycles. The Morgan fingerprint density at radius 3 is 2.60 bits per heavy atom. The van der Waals surface area contributed by atoms with Gasteiger partial charge in [-0.2, -0.15) is 0 Å². The number of nitrogen functional groups attached to an aromatic ring is 1. The summed E-state index contributed by atoms with van der Waals surface area (Å²) in [6.07, 6.45) is 4.73. The number of nitrogens with zero attached hydrogens (tertiary/aromatic N) is 2. The Morgan fingerprint density at radius 2 is 1.95 bits per heavy atom. The Balaban J connectivity index is 2.17. The van der Waals surface area contributed by atoms with Gasteiger partial charge in [-0.05, 0) is 37.5 Å². The van der Waals surface area contributed by atoms with Crippen molar-refractivity contribution in [2.24, 2.45) is 7.05 Å². The van der Waals surface area contributed by atoms with Crippen LogP contribution in [0.4, 0.5) is 5.69 Å². The van der Waals surface area contributed by atoms with Crippen LogP contribution in [0.3, 0.4) is 0 Å². The highest BCUT2D eigenvalue weighted by atomic mass is 16.1. The molecule has 0 bridgehead atoms. The highest BCUT2D eigenvalue weighted by molar-refractivity contribution is 5.47. The standard InChI is InChI=1S/C16H21N3O/c1-11-6-5-9-13(10-11)19-16(20)14(17)15(18(19)2)12-7-3-4-8-12/h5-6,9-10,12H,3-4,7-8,17H2,1-2H3. The molecule has 2 aromatic rings. The zero-order valence-electron chi connectivity index (χ0n) is 12.1. The number of hydrogen-bond acceptors (Lipinski definition) is 2. The SMILES string of the molecule is Cc1cccc(-n2c(=O)c(N)c(C3CCCC3)n2C)c1. The van der Waals surface area contributed by atoms with Crippen LogP contribution in [0.5, 0.6) is 0 Å². The fourth-order valence-electron chi connectivity index (χ4n) is 3.38. The van der Waals surface area contributed by atoms with E-state index in [1.807, 2.05) is 42.9 Å². The quantitative estimate of drug-likeness (QED) is 0.913. The van der Waals surface area contributed by atoms with Gasteiger partial charge in [0.25, 0.3) is 5.56 Å². The molecule has 4 heteroatoms. The molecule has 0 saturated heterocycles. The molecule has 106 valence electrons. The third kappa shape index (κ3) is 1.96. The molecular formula is C16H21N3O. The van der Waals surface area contributed by atoms with Crippen LogP contribution in [0.15, 0.2) is 29.1 Å². The van der Waals surface area contributed by atoms with Gasteiger partial charge >= 0.3 is 0 Å². The van der Waals surface area contributed by atoms with Crippen LogP contribution in [-0.4, -0.2) is 9.36 Å². The summed E-state index contributed by atoms with van der Waals surface area (Å²) in [7, 11) is 1.94. The lowest BCUT2D eigenvalue weighted by molar-refractivity contribution is 0.568. The Kier molecular flexibility index (Phi) is 3.16. The molecule has 1 aliphatic rings. The first-order valence-corrected chi connectivity index (χ1v) is 7.24. The molecule has 0 radical (unpaired) electrons. The molecule has 3 rings (SSSR count). The smallest absolute Gasteiger partial charge is 0.294 e. The van der Waals surface area contributed by atoms with E-state index in [4.69, 9.17) is 5.73 Å². The zero-order valence-corrected chi connectivity index (χ0v) is 12.1. The molecule has 1 fully saturated rings. The van der Waals surface area contributed by atoms with Crippen molar-refractivity contribution in [2.75, 3.05) is 5.73 Å². The largest absolute Gasteiger partial charge is 0.393 e. The number of anilines is 1. The number of nitrogens with two attached hydrogens (primary N) is 1. The van der Waals surface area contributed by atoms with Crippen molar-refractivity contribution in [3.63, 3.8) is 0 Å². The van der Waals surface area contributed by atoms with Gasteiger partial charge in [0, 0.05) is 13.0 Å². The summed E-state index contributed by atoms with van der Waals surface area (Å²) < 4.78 is 3.64. The fourth-order valence-corrected chi connectivity index (χ4v) is 3.38. The molecule has 1 aliphatic carbocycles. The maximum atomic E-state index is 12.5. The van der Waals surface area contributed by atoms with E-state index in [0.717, 1.165) is 29.8 Å². The number of benzene rings is 1. The van der Waals surface area contributed by atoms with E-state index in [2.05, 4.69) is 0 Å². The second-order valence-corrected chi connectivity index (χ2v) is 5.76. The summed E-state index contributed by atoms with van der Waals surface area (Å²) in [4.78, 5) is 12.5. The van der Waals surface area contributed by atoms with E-state index in [-0.39, 0.29) is 5.56 Å². The molecule has 4 nitrogen and oxygen atoms in total. The Morgan fingerprint density at radius 1 is 1.25 bits per heavy atom. The van der Waals surface area contributed by atoms with Gasteiger partial charge in [0.1, 0.15) is 5.69 Å². The Hall–Kier alpha value is -1.97. The van der Waals surface area contributed by atoms with Gasteiger partial charge in [0.15, 0.2) is 0 Å². The van der Waals surface area contributed by atoms with Gasteiger partial charge < -0.3 is 5.73 Å². The summed E-state index contributed by atoms with van der Waals surface area (Å²) in [6.45, 7) is 2.03. The predicted octanol–water partition coefficient (Wildman–Crippen LogP) is 2.72. The van der Waals surface area contributed by atoms with Crippen LogP contribution in [0.1, 0.15) is 42.9 Å². The van der Waals surface area contributed by atoms with E-state index in [0.29, 0.717) is 11.6 Å². The first-order chi connectivity index (χ1) is 9.59. The third-order valence-corrected chi connectivity index (χ3v) is 4.34. The second kappa shape index (κ2) is 4.85. The van der Waals surface area contributed by atoms with Gasteiger partial charge in [-0.15, -0.1) is 0 Å². The van der Waals surface area contributed by atoms with Gasteiger partial charge in [-0.1, -0.05) is 25.0 Å². The zero-order chi connectivity index (χ0) is 14.3. The minimum Gasteiger partial charge on any atom is -0.393 e. The lowest BCUT2D eigenvalue weighted by atomic mass is 10.0. The molecule has 0 atom stereocenters. The number of rotatable bonds is 2. The minimum absolute atomic E-state index is 0.0972. The highest BCUT2D eigenvalue weighted by Crippen LogP contribution is 2.36. The molecule has 0 amide bonds. The number of hydrogen-bond donors (Lipinski definition) is 1. The van der Waals surface area contributed by atoms with Crippen molar-refractivity contribution in [1.29, 1.82) is 0 Å². The van der Waals surface area contributed by atoms with Gasteiger partial charge in [0.05, 0.1) is 11.4 Å². The Labute approximate surface area is 118 Å². The molecule has 0 spiro atoms. The number of aryl methyl sites for hydroxylation is 1. The maximum absolute atomic E-state index is 12.5. The summed E-state index contributed by atoms with van der Waals surface area (Å²) >= 11 is 0. The van der Waals surface area contributed by atoms with Crippen LogP contribution in [0, 0.1) is 6.92 Å². The highest BCUT2D eigenvalue weighted by Gasteiger charge is 2.26. The first kappa shape index (κ1) is 13.0. The molecule has 0 unspecified atom stereocenters. The summed E-state index contributed by atoms with van der Waals surface area (Å²) in [5.74, 6) is 0.429. The van der Waals surface area contributed by atoms with Crippen molar-refractivity contribution in [3.8, 4) is 5.69 Å². The molecule has 2 N–H and O–H groups in total. The van der Waals surface area contributed by atoms with Crippen LogP contribution in [0.2, 0.25) is 0 Å². The topological polar surface area (TPSA) is 52.9 Å². The lowest BCUT2D eigenvalue weighted by Crippen LogP contribution is -2.20. The van der Waals surface area contributed by atoms with E-state index in [1.165, 1.54) is 12.8 Å². The predicted molar refractivity (Wildman–Crippen MR) is 81.4 cm³/mol. The van der Waals surface area contributed by atoms with Crippen LogP contribution in [-0.2, 0) is 7.05 Å². The summed E-state index contributed by atoms with van der Waals surface area (Å²) in [5.41, 5.74) is 9.45. The van der Waals surface area contributed by atoms with Crippen LogP contribution < -0.4 is 11.3 Å². The van der Waals surface area contributed by atoms with Crippen molar-refractivity contribution < 1.29 is 0 Å². The maximum Gasteiger partial charge on any atom is 0.294 e. The van der Waals surface area contributed by atoms with E-state index >= 15 is 0 Å². The Bertz CT molecular complexity index is 690. The first-order valence-electron chi connectivity index (χ1n) is 7.24.